The minimum absolute atomic E-state index is 0.0586. The lowest BCUT2D eigenvalue weighted by molar-refractivity contribution is 0.0841. The van der Waals surface area contributed by atoms with Crippen LogP contribution in [0.15, 0.2) is 30.5 Å². The molecular weight excluding hydrogens is 368 g/mol. The summed E-state index contributed by atoms with van der Waals surface area (Å²) >= 11 is 5.80. The summed E-state index contributed by atoms with van der Waals surface area (Å²) in [5.41, 5.74) is 5.13. The summed E-state index contributed by atoms with van der Waals surface area (Å²) in [5.74, 6) is 0. The Hall–Kier alpha value is -1.92. The summed E-state index contributed by atoms with van der Waals surface area (Å²) in [6.07, 6.45) is 6.97. The van der Waals surface area contributed by atoms with Crippen LogP contribution in [0.2, 0.25) is 0 Å². The summed E-state index contributed by atoms with van der Waals surface area (Å²) < 4.78 is 8.47. The van der Waals surface area contributed by atoms with E-state index in [9.17, 15) is 0 Å². The van der Waals surface area contributed by atoms with Crippen molar-refractivity contribution < 1.29 is 4.74 Å². The Morgan fingerprint density at radius 2 is 2.11 bits per heavy atom. The molecule has 4 heterocycles. The maximum Gasteiger partial charge on any atom is 0.170 e. The van der Waals surface area contributed by atoms with E-state index in [1.54, 1.807) is 0 Å². The smallest absolute Gasteiger partial charge is 0.170 e. The molecular formula is C22H28N4OS. The van der Waals surface area contributed by atoms with E-state index in [2.05, 4.69) is 51.8 Å². The van der Waals surface area contributed by atoms with Crippen molar-refractivity contribution >= 4 is 17.3 Å². The van der Waals surface area contributed by atoms with Crippen LogP contribution < -0.4 is 5.32 Å². The minimum Gasteiger partial charge on any atom is -0.376 e. The van der Waals surface area contributed by atoms with Crippen LogP contribution in [0.4, 0.5) is 0 Å². The van der Waals surface area contributed by atoms with E-state index < -0.39 is 0 Å². The van der Waals surface area contributed by atoms with Gasteiger partial charge in [0.25, 0.3) is 0 Å². The Kier molecular flexibility index (Phi) is 4.63. The van der Waals surface area contributed by atoms with Gasteiger partial charge in [0.05, 0.1) is 23.9 Å². The van der Waals surface area contributed by atoms with Gasteiger partial charge < -0.3 is 19.5 Å². The number of aryl methyl sites for hydroxylation is 1. The van der Waals surface area contributed by atoms with Gasteiger partial charge in [-0.25, -0.2) is 0 Å². The zero-order valence-electron chi connectivity index (χ0n) is 16.6. The van der Waals surface area contributed by atoms with Crippen molar-refractivity contribution in [3.05, 3.63) is 53.1 Å². The number of rotatable bonds is 5. The molecule has 2 saturated heterocycles. The molecule has 2 aliphatic heterocycles. The fourth-order valence-electron chi connectivity index (χ4n) is 4.95. The molecule has 2 aromatic heterocycles. The molecule has 0 unspecified atom stereocenters. The molecule has 0 bridgehead atoms. The first kappa shape index (κ1) is 18.1. The van der Waals surface area contributed by atoms with Crippen LogP contribution in [-0.2, 0) is 4.74 Å². The van der Waals surface area contributed by atoms with Gasteiger partial charge in [0.15, 0.2) is 5.11 Å². The quantitative estimate of drug-likeness (QED) is 0.774. The molecule has 0 radical (unpaired) electrons. The van der Waals surface area contributed by atoms with Crippen molar-refractivity contribution in [2.75, 3.05) is 13.2 Å². The highest BCUT2D eigenvalue weighted by Gasteiger charge is 2.43. The summed E-state index contributed by atoms with van der Waals surface area (Å²) in [7, 11) is 0. The number of nitrogens with one attached hydrogen (secondary N) is 1. The molecule has 3 fully saturated rings. The van der Waals surface area contributed by atoms with Crippen LogP contribution in [0.3, 0.4) is 0 Å². The normalized spacial score (nSPS) is 27.4. The number of thiocarbonyl (C=S) groups is 1. The minimum atomic E-state index is 0.0586. The van der Waals surface area contributed by atoms with Crippen molar-refractivity contribution in [1.29, 1.82) is 0 Å². The molecule has 1 N–H and O–H groups in total. The van der Waals surface area contributed by atoms with Crippen LogP contribution in [0, 0.1) is 13.8 Å². The molecule has 1 aliphatic carbocycles. The van der Waals surface area contributed by atoms with Crippen LogP contribution in [0.25, 0.3) is 0 Å². The number of hydrogen-bond acceptors (Lipinski definition) is 3. The van der Waals surface area contributed by atoms with Gasteiger partial charge in [-0.1, -0.05) is 6.07 Å². The number of ether oxygens (including phenoxy) is 1. The summed E-state index contributed by atoms with van der Waals surface area (Å²) in [6.45, 7) is 6.20. The molecule has 5 nitrogen and oxygen atoms in total. The maximum atomic E-state index is 5.95. The third kappa shape index (κ3) is 3.12. The molecule has 148 valence electrons. The van der Waals surface area contributed by atoms with E-state index >= 15 is 0 Å². The van der Waals surface area contributed by atoms with Gasteiger partial charge in [0, 0.05) is 36.8 Å². The molecule has 28 heavy (non-hydrogen) atoms. The number of aromatic nitrogens is 2. The Bertz CT molecular complexity index is 870. The maximum absolute atomic E-state index is 5.95. The van der Waals surface area contributed by atoms with E-state index in [0.29, 0.717) is 6.04 Å². The summed E-state index contributed by atoms with van der Waals surface area (Å²) in [4.78, 5) is 7.01. The first-order valence-electron chi connectivity index (χ1n) is 10.4. The Balaban J connectivity index is 1.55. The average molecular weight is 397 g/mol. The van der Waals surface area contributed by atoms with Crippen molar-refractivity contribution in [3.63, 3.8) is 0 Å². The standard InChI is InChI=1S/C22H28N4OS/c1-14-12-18(15(2)26(14)16-8-9-16)21-20(19-7-3-4-10-23-19)24-22(28)25(21)13-17-6-5-11-27-17/h3-4,7,10,12,16-17,20-21H,5-6,8-9,11,13H2,1-2H3,(H,24,28)/t17-,20-,21-/m0/s1. The molecule has 0 spiro atoms. The highest BCUT2D eigenvalue weighted by Crippen LogP contribution is 2.44. The van der Waals surface area contributed by atoms with E-state index in [-0.39, 0.29) is 18.2 Å². The SMILES string of the molecule is Cc1cc([C@H]2[C@H](c3ccccn3)NC(=S)N2C[C@@H]2CCCO2)c(C)n1C1CC1. The molecule has 2 aromatic rings. The largest absolute Gasteiger partial charge is 0.376 e. The monoisotopic (exact) mass is 396 g/mol. The molecule has 5 rings (SSSR count). The lowest BCUT2D eigenvalue weighted by Gasteiger charge is -2.30. The van der Waals surface area contributed by atoms with Crippen LogP contribution in [0.5, 0.6) is 0 Å². The molecule has 1 saturated carbocycles. The van der Waals surface area contributed by atoms with Gasteiger partial charge in [-0.05, 0) is 75.5 Å². The molecule has 3 aliphatic rings. The van der Waals surface area contributed by atoms with Crippen molar-refractivity contribution in [2.24, 2.45) is 0 Å². The first-order valence-corrected chi connectivity index (χ1v) is 10.8. The zero-order valence-corrected chi connectivity index (χ0v) is 17.4. The van der Waals surface area contributed by atoms with E-state index in [0.717, 1.165) is 36.8 Å². The highest BCUT2D eigenvalue weighted by molar-refractivity contribution is 7.80. The van der Waals surface area contributed by atoms with E-state index in [1.165, 1.54) is 29.8 Å². The second-order valence-corrected chi connectivity index (χ2v) is 8.73. The lowest BCUT2D eigenvalue weighted by atomic mass is 9.96. The van der Waals surface area contributed by atoms with Gasteiger partial charge in [0.2, 0.25) is 0 Å². The second-order valence-electron chi connectivity index (χ2n) is 8.34. The number of nitrogens with zero attached hydrogens (tertiary/aromatic N) is 3. The number of pyridine rings is 1. The Morgan fingerprint density at radius 1 is 1.25 bits per heavy atom. The van der Waals surface area contributed by atoms with Gasteiger partial charge >= 0.3 is 0 Å². The van der Waals surface area contributed by atoms with E-state index in [4.69, 9.17) is 17.0 Å². The fraction of sp³-hybridized carbons (Fsp3) is 0.545. The lowest BCUT2D eigenvalue weighted by Crippen LogP contribution is -2.36. The van der Waals surface area contributed by atoms with Crippen LogP contribution in [0.1, 0.15) is 66.5 Å². The van der Waals surface area contributed by atoms with Gasteiger partial charge in [-0.2, -0.15) is 0 Å². The van der Waals surface area contributed by atoms with Crippen molar-refractivity contribution in [1.82, 2.24) is 19.8 Å². The van der Waals surface area contributed by atoms with Crippen molar-refractivity contribution in [3.8, 4) is 0 Å². The summed E-state index contributed by atoms with van der Waals surface area (Å²) in [5, 5.41) is 4.39. The molecule has 6 heteroatoms. The molecule has 0 amide bonds. The summed E-state index contributed by atoms with van der Waals surface area (Å²) in [6, 6.07) is 9.37. The van der Waals surface area contributed by atoms with Gasteiger partial charge in [-0.15, -0.1) is 0 Å². The Morgan fingerprint density at radius 3 is 2.79 bits per heavy atom. The van der Waals surface area contributed by atoms with Gasteiger partial charge in [0.1, 0.15) is 0 Å². The predicted octanol–water partition coefficient (Wildman–Crippen LogP) is 3.99. The van der Waals surface area contributed by atoms with Crippen LogP contribution >= 0.6 is 12.2 Å². The fourth-order valence-corrected chi connectivity index (χ4v) is 5.26. The third-order valence-corrected chi connectivity index (χ3v) is 6.73. The average Bonchev–Trinajstić information content (AvgIpc) is 3.16. The Labute approximate surface area is 172 Å². The third-order valence-electron chi connectivity index (χ3n) is 6.38. The highest BCUT2D eigenvalue weighted by atomic mass is 32.1. The van der Waals surface area contributed by atoms with E-state index in [1.807, 2.05) is 12.3 Å². The van der Waals surface area contributed by atoms with Gasteiger partial charge in [-0.3, -0.25) is 4.98 Å². The van der Waals surface area contributed by atoms with Crippen molar-refractivity contribution in [2.45, 2.75) is 63.8 Å². The second kappa shape index (κ2) is 7.16. The predicted molar refractivity (Wildman–Crippen MR) is 113 cm³/mol. The zero-order chi connectivity index (χ0) is 19.3. The molecule has 3 atom stereocenters. The first-order chi connectivity index (χ1) is 13.6. The van der Waals surface area contributed by atoms with Crippen LogP contribution in [-0.4, -0.2) is 38.8 Å². The molecule has 0 aromatic carbocycles. The number of hydrogen-bond donors (Lipinski definition) is 1. The topological polar surface area (TPSA) is 42.3 Å².